The number of aliphatic imine (C=N–C) groups is 1. The van der Waals surface area contributed by atoms with Gasteiger partial charge in [-0.2, -0.15) is 0 Å². The number of aromatic hydroxyl groups is 1. The van der Waals surface area contributed by atoms with Gasteiger partial charge in [-0.15, -0.1) is 24.0 Å². The van der Waals surface area contributed by atoms with Gasteiger partial charge in [0.05, 0.1) is 12.2 Å². The Morgan fingerprint density at radius 1 is 0.939 bits per heavy atom. The van der Waals surface area contributed by atoms with Gasteiger partial charge in [-0.1, -0.05) is 12.1 Å². The zero-order valence-electron chi connectivity index (χ0n) is 19.3. The van der Waals surface area contributed by atoms with Gasteiger partial charge >= 0.3 is 0 Å². The van der Waals surface area contributed by atoms with Crippen molar-refractivity contribution in [1.29, 1.82) is 0 Å². The summed E-state index contributed by atoms with van der Waals surface area (Å²) in [5.41, 5.74) is 0.911. The van der Waals surface area contributed by atoms with Crippen LogP contribution in [0.4, 0.5) is 11.6 Å². The second-order valence-corrected chi connectivity index (χ2v) is 8.08. The van der Waals surface area contributed by atoms with E-state index in [4.69, 9.17) is 4.99 Å². The van der Waals surface area contributed by atoms with Crippen molar-refractivity contribution in [2.24, 2.45) is 4.99 Å². The first-order valence-electron chi connectivity index (χ1n) is 11.5. The molecule has 1 aromatic carbocycles. The highest BCUT2D eigenvalue weighted by Gasteiger charge is 2.22. The van der Waals surface area contributed by atoms with Crippen LogP contribution in [-0.2, 0) is 0 Å². The van der Waals surface area contributed by atoms with E-state index in [1.54, 1.807) is 18.5 Å². The summed E-state index contributed by atoms with van der Waals surface area (Å²) in [6.07, 6.45) is 3.60. The van der Waals surface area contributed by atoms with Crippen LogP contribution in [0.5, 0.6) is 5.75 Å². The number of phenols is 1. The topological polar surface area (TPSA) is 83.4 Å². The maximum Gasteiger partial charge on any atom is 0.225 e. The van der Waals surface area contributed by atoms with Crippen LogP contribution < -0.4 is 15.1 Å². The number of nitrogens with one attached hydrogen (secondary N) is 1. The van der Waals surface area contributed by atoms with Crippen LogP contribution in [0.3, 0.4) is 0 Å². The third-order valence-electron chi connectivity index (χ3n) is 6.02. The van der Waals surface area contributed by atoms with Crippen LogP contribution in [0.2, 0.25) is 0 Å². The molecule has 2 aromatic rings. The Labute approximate surface area is 213 Å². The van der Waals surface area contributed by atoms with E-state index in [1.807, 2.05) is 24.3 Å². The van der Waals surface area contributed by atoms with Crippen LogP contribution in [0.1, 0.15) is 6.92 Å². The number of halogens is 1. The largest absolute Gasteiger partial charge is 0.506 e. The average molecular weight is 566 g/mol. The SMILES string of the molecule is CCNC(=NCCN1CCN(c2ncccn2)CC1)N1CCN(c2ccccc2O)CC1.I. The zero-order chi connectivity index (χ0) is 22.2. The van der Waals surface area contributed by atoms with Crippen molar-refractivity contribution in [1.82, 2.24) is 25.1 Å². The third-order valence-corrected chi connectivity index (χ3v) is 6.02. The molecule has 33 heavy (non-hydrogen) atoms. The predicted octanol–water partition coefficient (Wildman–Crippen LogP) is 1.71. The number of aromatic nitrogens is 2. The third kappa shape index (κ3) is 6.83. The maximum atomic E-state index is 10.1. The van der Waals surface area contributed by atoms with Gasteiger partial charge in [0.15, 0.2) is 5.96 Å². The van der Waals surface area contributed by atoms with Gasteiger partial charge in [0.1, 0.15) is 5.75 Å². The number of piperazine rings is 2. The minimum atomic E-state index is 0. The molecule has 0 atom stereocenters. The lowest BCUT2D eigenvalue weighted by atomic mass is 10.2. The smallest absolute Gasteiger partial charge is 0.225 e. The number of anilines is 2. The van der Waals surface area contributed by atoms with E-state index in [-0.39, 0.29) is 24.0 Å². The number of hydrogen-bond donors (Lipinski definition) is 2. The number of nitrogens with zero attached hydrogens (tertiary/aromatic N) is 7. The normalized spacial score (nSPS) is 17.6. The Balaban J connectivity index is 0.00000306. The molecular weight excluding hydrogens is 531 g/mol. The summed E-state index contributed by atoms with van der Waals surface area (Å²) in [6.45, 7) is 12.1. The summed E-state index contributed by atoms with van der Waals surface area (Å²) < 4.78 is 0. The van der Waals surface area contributed by atoms with Crippen LogP contribution in [0, 0.1) is 0 Å². The van der Waals surface area contributed by atoms with Gasteiger partial charge in [0.25, 0.3) is 0 Å². The summed E-state index contributed by atoms with van der Waals surface area (Å²) in [4.78, 5) is 22.9. The minimum Gasteiger partial charge on any atom is -0.506 e. The van der Waals surface area contributed by atoms with Crippen molar-refractivity contribution in [3.63, 3.8) is 0 Å². The summed E-state index contributed by atoms with van der Waals surface area (Å²) in [5, 5.41) is 13.6. The molecule has 180 valence electrons. The number of guanidine groups is 1. The fourth-order valence-corrected chi connectivity index (χ4v) is 4.24. The second kappa shape index (κ2) is 12.8. The first-order chi connectivity index (χ1) is 15.7. The number of phenolic OH excluding ortho intramolecular Hbond substituents is 1. The van der Waals surface area contributed by atoms with Crippen molar-refractivity contribution >= 4 is 41.6 Å². The molecule has 0 unspecified atom stereocenters. The monoisotopic (exact) mass is 566 g/mol. The van der Waals surface area contributed by atoms with Crippen LogP contribution in [0.15, 0.2) is 47.7 Å². The van der Waals surface area contributed by atoms with Crippen molar-refractivity contribution in [2.75, 3.05) is 81.8 Å². The fraction of sp³-hybridized carbons (Fsp3) is 0.522. The molecule has 0 aliphatic carbocycles. The average Bonchev–Trinajstić information content (AvgIpc) is 2.85. The summed E-state index contributed by atoms with van der Waals surface area (Å²) >= 11 is 0. The molecule has 2 N–H and O–H groups in total. The van der Waals surface area contributed by atoms with Crippen LogP contribution >= 0.6 is 24.0 Å². The Morgan fingerprint density at radius 3 is 2.27 bits per heavy atom. The van der Waals surface area contributed by atoms with E-state index in [1.165, 1.54) is 0 Å². The Bertz CT molecular complexity index is 868. The minimum absolute atomic E-state index is 0. The lowest BCUT2D eigenvalue weighted by Gasteiger charge is -2.38. The summed E-state index contributed by atoms with van der Waals surface area (Å²) in [7, 11) is 0. The lowest BCUT2D eigenvalue weighted by molar-refractivity contribution is 0.263. The van der Waals surface area contributed by atoms with Gasteiger partial charge < -0.3 is 25.1 Å². The molecule has 9 nitrogen and oxygen atoms in total. The van der Waals surface area contributed by atoms with Crippen molar-refractivity contribution in [2.45, 2.75) is 6.92 Å². The second-order valence-electron chi connectivity index (χ2n) is 8.08. The van der Waals surface area contributed by atoms with Crippen LogP contribution in [-0.4, -0.2) is 103 Å². The zero-order valence-corrected chi connectivity index (χ0v) is 21.6. The number of benzene rings is 1. The predicted molar refractivity (Wildman–Crippen MR) is 144 cm³/mol. The molecule has 0 radical (unpaired) electrons. The highest BCUT2D eigenvalue weighted by atomic mass is 127. The van der Waals surface area contributed by atoms with E-state index >= 15 is 0 Å². The molecule has 0 amide bonds. The molecule has 10 heteroatoms. The van der Waals surface area contributed by atoms with E-state index in [2.05, 4.69) is 41.8 Å². The van der Waals surface area contributed by atoms with Crippen molar-refractivity contribution < 1.29 is 5.11 Å². The molecule has 2 aliphatic rings. The van der Waals surface area contributed by atoms with Gasteiger partial charge in [0, 0.05) is 77.8 Å². The molecule has 0 bridgehead atoms. The van der Waals surface area contributed by atoms with E-state index in [9.17, 15) is 5.11 Å². The highest BCUT2D eigenvalue weighted by molar-refractivity contribution is 14.0. The molecule has 1 aromatic heterocycles. The molecule has 2 saturated heterocycles. The first-order valence-corrected chi connectivity index (χ1v) is 11.5. The molecule has 0 saturated carbocycles. The summed E-state index contributed by atoms with van der Waals surface area (Å²) in [6, 6.07) is 9.42. The fourth-order valence-electron chi connectivity index (χ4n) is 4.24. The summed E-state index contributed by atoms with van der Waals surface area (Å²) in [5.74, 6) is 2.16. The van der Waals surface area contributed by atoms with E-state index in [0.717, 1.165) is 89.6 Å². The van der Waals surface area contributed by atoms with Crippen LogP contribution in [0.25, 0.3) is 0 Å². The van der Waals surface area contributed by atoms with Crippen molar-refractivity contribution in [3.05, 3.63) is 42.7 Å². The Morgan fingerprint density at radius 2 is 1.61 bits per heavy atom. The van der Waals surface area contributed by atoms with Gasteiger partial charge in [-0.05, 0) is 25.1 Å². The standard InChI is InChI=1S/C23H34N8O.HI/c1-2-24-22(31-18-16-29(17-19-31)20-6-3-4-7-21(20)32)27-10-11-28-12-14-30(15-13-28)23-25-8-5-9-26-23;/h3-9,32H,2,10-19H2,1H3,(H,24,27);1H. The molecule has 2 fully saturated rings. The first kappa shape index (κ1) is 25.3. The number of hydrogen-bond acceptors (Lipinski definition) is 7. The van der Waals surface area contributed by atoms with Gasteiger partial charge in [-0.3, -0.25) is 9.89 Å². The maximum absolute atomic E-state index is 10.1. The molecule has 2 aliphatic heterocycles. The van der Waals surface area contributed by atoms with Crippen molar-refractivity contribution in [3.8, 4) is 5.75 Å². The highest BCUT2D eigenvalue weighted by Crippen LogP contribution is 2.27. The molecular formula is C23H35IN8O. The molecule has 3 heterocycles. The lowest BCUT2D eigenvalue weighted by Crippen LogP contribution is -2.53. The quantitative estimate of drug-likeness (QED) is 0.311. The van der Waals surface area contributed by atoms with Gasteiger partial charge in [0.2, 0.25) is 5.95 Å². The molecule has 4 rings (SSSR count). The number of rotatable bonds is 6. The van der Waals surface area contributed by atoms with E-state index < -0.39 is 0 Å². The van der Waals surface area contributed by atoms with E-state index in [0.29, 0.717) is 5.75 Å². The Kier molecular flexibility index (Phi) is 9.79. The number of para-hydroxylation sites is 2. The molecule has 0 spiro atoms. The Hall–Kier alpha value is -2.34. The van der Waals surface area contributed by atoms with Gasteiger partial charge in [-0.25, -0.2) is 9.97 Å².